The third-order valence-corrected chi connectivity index (χ3v) is 6.29. The molecule has 1 saturated heterocycles. The van der Waals surface area contributed by atoms with Gasteiger partial charge in [-0.3, -0.25) is 14.2 Å². The van der Waals surface area contributed by atoms with Gasteiger partial charge in [-0.05, 0) is 56.9 Å². The number of benzene rings is 1. The summed E-state index contributed by atoms with van der Waals surface area (Å²) >= 11 is 0. The van der Waals surface area contributed by atoms with E-state index in [1.54, 1.807) is 6.20 Å². The average molecular weight is 462 g/mol. The van der Waals surface area contributed by atoms with E-state index < -0.39 is 0 Å². The summed E-state index contributed by atoms with van der Waals surface area (Å²) < 4.78 is 3.97. The molecule has 1 aliphatic carbocycles. The molecule has 2 aliphatic rings. The second-order valence-corrected chi connectivity index (χ2v) is 8.64. The molecule has 1 aromatic carbocycles. The lowest BCUT2D eigenvalue weighted by Crippen LogP contribution is -2.15. The van der Waals surface area contributed by atoms with Gasteiger partial charge in [-0.2, -0.15) is 10.2 Å². The first-order chi connectivity index (χ1) is 15.6. The quantitative estimate of drug-likeness (QED) is 0.358. The van der Waals surface area contributed by atoms with Crippen molar-refractivity contribution in [3.05, 3.63) is 47.4 Å². The molecular formula is C24H24ClN7O. The fraction of sp³-hybridized carbons (Fsp3) is 0.333. The molecule has 9 heteroatoms. The molecule has 1 unspecified atom stereocenters. The highest BCUT2D eigenvalue weighted by atomic mass is 35.5. The summed E-state index contributed by atoms with van der Waals surface area (Å²) in [5.74, 6) is 6.69. The van der Waals surface area contributed by atoms with Crippen molar-refractivity contribution in [3.8, 4) is 11.8 Å². The molecule has 1 atom stereocenters. The molecule has 0 bridgehead atoms. The fourth-order valence-electron chi connectivity index (χ4n) is 4.42. The molecule has 2 fully saturated rings. The Hall–Kier alpha value is -3.41. The zero-order valence-corrected chi connectivity index (χ0v) is 19.0. The zero-order chi connectivity index (χ0) is 21.8. The molecular weight excluding hydrogens is 438 g/mol. The SMILES string of the molecule is CC(=O)c1cnc(N)c2c(C#Cc3ccc4cn(C5CC5)nc4c3)nn(C3CCNC3)c12.Cl. The van der Waals surface area contributed by atoms with Crippen LogP contribution in [0, 0.1) is 11.8 Å². The van der Waals surface area contributed by atoms with Crippen LogP contribution in [0.4, 0.5) is 5.82 Å². The van der Waals surface area contributed by atoms with E-state index in [-0.39, 0.29) is 24.2 Å². The summed E-state index contributed by atoms with van der Waals surface area (Å²) in [5, 5.41) is 14.6. The monoisotopic (exact) mass is 461 g/mol. The van der Waals surface area contributed by atoms with Gasteiger partial charge in [0.2, 0.25) is 0 Å². The zero-order valence-electron chi connectivity index (χ0n) is 18.2. The molecule has 1 saturated carbocycles. The molecule has 1 aliphatic heterocycles. The molecule has 0 amide bonds. The number of nitrogens with two attached hydrogens (primary N) is 1. The molecule has 168 valence electrons. The van der Waals surface area contributed by atoms with Crippen molar-refractivity contribution in [2.24, 2.45) is 0 Å². The largest absolute Gasteiger partial charge is 0.383 e. The van der Waals surface area contributed by atoms with E-state index in [2.05, 4.69) is 39.1 Å². The van der Waals surface area contributed by atoms with Crippen molar-refractivity contribution in [1.82, 2.24) is 29.9 Å². The second-order valence-electron chi connectivity index (χ2n) is 8.64. The minimum absolute atomic E-state index is 0. The molecule has 4 heterocycles. The number of nitrogens with zero attached hydrogens (tertiary/aromatic N) is 5. The van der Waals surface area contributed by atoms with Crippen LogP contribution in [0.25, 0.3) is 21.8 Å². The standard InChI is InChI=1S/C24H23N7O.ClH/c1-14(32)19-12-27-24(25)22-20(29-31(23(19)22)18-8-9-26-11-18)7-3-15-2-4-16-13-30(17-5-6-17)28-21(16)10-15;/h2,4,10,12-13,17-18,26H,5-6,8-9,11H2,1H3,(H2,25,27);1H. The lowest BCUT2D eigenvalue weighted by Gasteiger charge is -2.12. The van der Waals surface area contributed by atoms with E-state index in [0.717, 1.165) is 41.5 Å². The fourth-order valence-corrected chi connectivity index (χ4v) is 4.42. The van der Waals surface area contributed by atoms with Gasteiger partial charge >= 0.3 is 0 Å². The number of aromatic nitrogens is 5. The number of carbonyl (C=O) groups is 1. The molecule has 6 rings (SSSR count). The van der Waals surface area contributed by atoms with Crippen molar-refractivity contribution in [1.29, 1.82) is 0 Å². The average Bonchev–Trinajstić information content (AvgIpc) is 3.18. The number of fused-ring (bicyclic) bond motifs is 2. The van der Waals surface area contributed by atoms with Crippen molar-refractivity contribution in [2.75, 3.05) is 18.8 Å². The van der Waals surface area contributed by atoms with Crippen LogP contribution in [0.1, 0.15) is 59.9 Å². The number of pyridine rings is 1. The molecule has 3 N–H and O–H groups in total. The summed E-state index contributed by atoms with van der Waals surface area (Å²) in [6, 6.07) is 6.75. The number of anilines is 1. The van der Waals surface area contributed by atoms with Crippen LogP contribution in [0.5, 0.6) is 0 Å². The van der Waals surface area contributed by atoms with E-state index in [0.29, 0.717) is 28.5 Å². The van der Waals surface area contributed by atoms with Crippen LogP contribution in [0.2, 0.25) is 0 Å². The highest BCUT2D eigenvalue weighted by Gasteiger charge is 2.26. The Kier molecular flexibility index (Phi) is 5.31. The maximum absolute atomic E-state index is 12.3. The molecule has 0 spiro atoms. The minimum Gasteiger partial charge on any atom is -0.383 e. The number of hydrogen-bond donors (Lipinski definition) is 2. The number of rotatable bonds is 3. The smallest absolute Gasteiger partial charge is 0.163 e. The number of ketones is 1. The molecule has 8 nitrogen and oxygen atoms in total. The third kappa shape index (κ3) is 3.73. The summed E-state index contributed by atoms with van der Waals surface area (Å²) in [6.45, 7) is 3.25. The first-order valence-corrected chi connectivity index (χ1v) is 11.0. The summed E-state index contributed by atoms with van der Waals surface area (Å²) in [7, 11) is 0. The van der Waals surface area contributed by atoms with Crippen LogP contribution < -0.4 is 11.1 Å². The van der Waals surface area contributed by atoms with Gasteiger partial charge in [0.25, 0.3) is 0 Å². The Morgan fingerprint density at radius 2 is 2.03 bits per heavy atom. The number of nitrogens with one attached hydrogen (secondary N) is 1. The first kappa shape index (κ1) is 21.4. The lowest BCUT2D eigenvalue weighted by atomic mass is 10.1. The van der Waals surface area contributed by atoms with Gasteiger partial charge in [0.05, 0.1) is 34.1 Å². The van der Waals surface area contributed by atoms with Crippen LogP contribution in [-0.2, 0) is 0 Å². The Bertz CT molecular complexity index is 1450. The molecule has 3 aromatic heterocycles. The number of hydrogen-bond acceptors (Lipinski definition) is 6. The van der Waals surface area contributed by atoms with E-state index in [4.69, 9.17) is 15.9 Å². The van der Waals surface area contributed by atoms with Gasteiger partial charge in [0.15, 0.2) is 5.78 Å². The van der Waals surface area contributed by atoms with Gasteiger partial charge in [0, 0.05) is 29.9 Å². The number of halogens is 1. The lowest BCUT2D eigenvalue weighted by molar-refractivity contribution is 0.101. The first-order valence-electron chi connectivity index (χ1n) is 11.0. The molecule has 0 radical (unpaired) electrons. The minimum atomic E-state index is -0.0641. The Labute approximate surface area is 196 Å². The normalized spacial score (nSPS) is 17.7. The number of Topliss-reactive ketones (excluding diaryl/α,β-unsaturated/α-hetero) is 1. The highest BCUT2D eigenvalue weighted by molar-refractivity contribution is 6.09. The predicted molar refractivity (Wildman–Crippen MR) is 130 cm³/mol. The highest BCUT2D eigenvalue weighted by Crippen LogP contribution is 2.35. The summed E-state index contributed by atoms with van der Waals surface area (Å²) in [6.07, 6.45) is 6.98. The van der Waals surface area contributed by atoms with Gasteiger partial charge in [-0.25, -0.2) is 4.98 Å². The Morgan fingerprint density at radius 3 is 2.76 bits per heavy atom. The van der Waals surface area contributed by atoms with Gasteiger partial charge in [-0.15, -0.1) is 12.4 Å². The van der Waals surface area contributed by atoms with Crippen LogP contribution in [0.15, 0.2) is 30.6 Å². The summed E-state index contributed by atoms with van der Waals surface area (Å²) in [4.78, 5) is 16.6. The van der Waals surface area contributed by atoms with E-state index in [9.17, 15) is 4.79 Å². The van der Waals surface area contributed by atoms with Gasteiger partial charge in [0.1, 0.15) is 11.5 Å². The van der Waals surface area contributed by atoms with Crippen molar-refractivity contribution in [2.45, 2.75) is 38.3 Å². The molecule has 33 heavy (non-hydrogen) atoms. The Balaban J connectivity index is 0.00000228. The topological polar surface area (TPSA) is 104 Å². The van der Waals surface area contributed by atoms with Crippen molar-refractivity contribution >= 4 is 45.8 Å². The van der Waals surface area contributed by atoms with Gasteiger partial charge in [-0.1, -0.05) is 5.92 Å². The number of carbonyl (C=O) groups excluding carboxylic acids is 1. The van der Waals surface area contributed by atoms with Crippen molar-refractivity contribution < 1.29 is 4.79 Å². The predicted octanol–water partition coefficient (Wildman–Crippen LogP) is 3.26. The van der Waals surface area contributed by atoms with Crippen LogP contribution >= 0.6 is 12.4 Å². The maximum Gasteiger partial charge on any atom is 0.163 e. The van der Waals surface area contributed by atoms with Crippen LogP contribution in [-0.4, -0.2) is 43.4 Å². The van der Waals surface area contributed by atoms with Crippen molar-refractivity contribution in [3.63, 3.8) is 0 Å². The molecule has 4 aromatic rings. The second kappa shape index (κ2) is 8.18. The van der Waals surface area contributed by atoms with Crippen LogP contribution in [0.3, 0.4) is 0 Å². The number of nitrogen functional groups attached to an aromatic ring is 1. The maximum atomic E-state index is 12.3. The third-order valence-electron chi connectivity index (χ3n) is 6.29. The summed E-state index contributed by atoms with van der Waals surface area (Å²) in [5.41, 5.74) is 9.84. The Morgan fingerprint density at radius 1 is 1.18 bits per heavy atom. The van der Waals surface area contributed by atoms with Gasteiger partial charge < -0.3 is 11.1 Å². The van der Waals surface area contributed by atoms with E-state index in [1.807, 2.05) is 16.8 Å². The van der Waals surface area contributed by atoms with E-state index >= 15 is 0 Å². The van der Waals surface area contributed by atoms with E-state index in [1.165, 1.54) is 19.8 Å².